The third-order valence-corrected chi connectivity index (χ3v) is 3.45. The molecule has 0 aliphatic heterocycles. The minimum Gasteiger partial charge on any atom is -0.379 e. The van der Waals surface area contributed by atoms with E-state index in [1.165, 1.54) is 11.8 Å². The van der Waals surface area contributed by atoms with Crippen molar-refractivity contribution in [2.75, 3.05) is 23.4 Å². The summed E-state index contributed by atoms with van der Waals surface area (Å²) in [5, 5.41) is 13.6. The molecular weight excluding hydrogens is 323 g/mol. The minimum atomic E-state index is -0.554. The maximum atomic E-state index is 13.3. The van der Waals surface area contributed by atoms with Crippen LogP contribution in [0.15, 0.2) is 16.6 Å². The SMILES string of the molecule is C#CCSCCNc1cc(F)c(Br)cc1[N+](=O)[O-]. The van der Waals surface area contributed by atoms with Crippen LogP contribution in [0.4, 0.5) is 15.8 Å². The van der Waals surface area contributed by atoms with Gasteiger partial charge in [0.25, 0.3) is 5.69 Å². The molecule has 1 N–H and O–H groups in total. The molecule has 0 bridgehead atoms. The first-order valence-electron chi connectivity index (χ1n) is 4.94. The van der Waals surface area contributed by atoms with Crippen LogP contribution in [0.2, 0.25) is 0 Å². The summed E-state index contributed by atoms with van der Waals surface area (Å²) in [6.45, 7) is 0.480. The van der Waals surface area contributed by atoms with Crippen molar-refractivity contribution < 1.29 is 9.31 Å². The number of thioether (sulfide) groups is 1. The first kappa shape index (κ1) is 14.8. The van der Waals surface area contributed by atoms with Crippen molar-refractivity contribution in [1.29, 1.82) is 0 Å². The van der Waals surface area contributed by atoms with Crippen LogP contribution >= 0.6 is 27.7 Å². The summed E-state index contributed by atoms with van der Waals surface area (Å²) in [7, 11) is 0. The van der Waals surface area contributed by atoms with Crippen LogP contribution in [0.3, 0.4) is 0 Å². The topological polar surface area (TPSA) is 55.2 Å². The van der Waals surface area contributed by atoms with Gasteiger partial charge in [-0.25, -0.2) is 4.39 Å². The van der Waals surface area contributed by atoms with Crippen LogP contribution in [0.25, 0.3) is 0 Å². The Morgan fingerprint density at radius 1 is 1.61 bits per heavy atom. The molecular formula is C11H10BrFN2O2S. The van der Waals surface area contributed by atoms with E-state index in [0.29, 0.717) is 18.1 Å². The molecule has 0 amide bonds. The maximum Gasteiger partial charge on any atom is 0.293 e. The maximum absolute atomic E-state index is 13.3. The molecule has 4 nitrogen and oxygen atoms in total. The largest absolute Gasteiger partial charge is 0.379 e. The number of halogens is 2. The standard InChI is InChI=1S/C11H10BrFN2O2S/c1-2-4-18-5-3-14-10-7-9(13)8(12)6-11(10)15(16)17/h1,6-7,14H,3-5H2. The van der Waals surface area contributed by atoms with E-state index in [2.05, 4.69) is 27.2 Å². The van der Waals surface area contributed by atoms with Crippen molar-refractivity contribution >= 4 is 39.1 Å². The van der Waals surface area contributed by atoms with Crippen molar-refractivity contribution in [1.82, 2.24) is 0 Å². The lowest BCUT2D eigenvalue weighted by Crippen LogP contribution is -2.07. The van der Waals surface area contributed by atoms with Crippen molar-refractivity contribution in [3.05, 3.63) is 32.5 Å². The number of nitro benzene ring substituents is 1. The van der Waals surface area contributed by atoms with E-state index >= 15 is 0 Å². The van der Waals surface area contributed by atoms with E-state index in [9.17, 15) is 14.5 Å². The highest BCUT2D eigenvalue weighted by Gasteiger charge is 2.16. The van der Waals surface area contributed by atoms with E-state index in [-0.39, 0.29) is 15.8 Å². The molecule has 0 aliphatic rings. The van der Waals surface area contributed by atoms with E-state index in [1.807, 2.05) is 0 Å². The first-order valence-corrected chi connectivity index (χ1v) is 6.89. The lowest BCUT2D eigenvalue weighted by atomic mass is 10.2. The van der Waals surface area contributed by atoms with Gasteiger partial charge in [0, 0.05) is 24.4 Å². The van der Waals surface area contributed by atoms with Gasteiger partial charge < -0.3 is 5.32 Å². The summed E-state index contributed by atoms with van der Waals surface area (Å²) >= 11 is 4.44. The van der Waals surface area contributed by atoms with Crippen LogP contribution in [-0.2, 0) is 0 Å². The number of nitrogens with zero attached hydrogens (tertiary/aromatic N) is 1. The van der Waals surface area contributed by atoms with Gasteiger partial charge in [-0.15, -0.1) is 18.2 Å². The number of hydrogen-bond acceptors (Lipinski definition) is 4. The molecule has 7 heteroatoms. The highest BCUT2D eigenvalue weighted by Crippen LogP contribution is 2.30. The van der Waals surface area contributed by atoms with Gasteiger partial charge in [0.1, 0.15) is 11.5 Å². The number of nitrogens with one attached hydrogen (secondary N) is 1. The van der Waals surface area contributed by atoms with Crippen molar-refractivity contribution in [3.63, 3.8) is 0 Å². The molecule has 0 fully saturated rings. The quantitative estimate of drug-likeness (QED) is 0.376. The molecule has 1 aromatic rings. The Hall–Kier alpha value is -1.26. The van der Waals surface area contributed by atoms with Crippen LogP contribution < -0.4 is 5.32 Å². The minimum absolute atomic E-state index is 0.0708. The van der Waals surface area contributed by atoms with Crippen LogP contribution in [0, 0.1) is 28.3 Å². The molecule has 0 atom stereocenters. The van der Waals surface area contributed by atoms with Crippen LogP contribution in [0.5, 0.6) is 0 Å². The fourth-order valence-electron chi connectivity index (χ4n) is 1.22. The van der Waals surface area contributed by atoms with Gasteiger partial charge in [-0.1, -0.05) is 5.92 Å². The zero-order valence-electron chi connectivity index (χ0n) is 9.28. The molecule has 1 aromatic carbocycles. The number of benzene rings is 1. The monoisotopic (exact) mass is 332 g/mol. The molecule has 0 saturated heterocycles. The second-order valence-electron chi connectivity index (χ2n) is 3.22. The third kappa shape index (κ3) is 4.20. The summed E-state index contributed by atoms with van der Waals surface area (Å²) in [5.41, 5.74) is 0.00670. The number of anilines is 1. The fraction of sp³-hybridized carbons (Fsp3) is 0.273. The molecule has 1 rings (SSSR count). The average Bonchev–Trinajstić information content (AvgIpc) is 2.32. The van der Waals surface area contributed by atoms with E-state index < -0.39 is 10.7 Å². The molecule has 0 aliphatic carbocycles. The summed E-state index contributed by atoms with van der Waals surface area (Å²) in [5.74, 6) is 3.21. The van der Waals surface area contributed by atoms with Gasteiger partial charge in [0.15, 0.2) is 0 Å². The lowest BCUT2D eigenvalue weighted by molar-refractivity contribution is -0.384. The number of rotatable bonds is 6. The highest BCUT2D eigenvalue weighted by atomic mass is 79.9. The first-order chi connectivity index (χ1) is 8.56. The Morgan fingerprint density at radius 2 is 2.33 bits per heavy atom. The lowest BCUT2D eigenvalue weighted by Gasteiger charge is -2.07. The summed E-state index contributed by atoms with van der Waals surface area (Å²) in [6, 6.07) is 2.25. The molecule has 0 unspecified atom stereocenters. The second kappa shape index (κ2) is 7.24. The van der Waals surface area contributed by atoms with Gasteiger partial charge in [0.05, 0.1) is 15.1 Å². The van der Waals surface area contributed by atoms with Gasteiger partial charge in [0.2, 0.25) is 0 Å². The predicted molar refractivity (Wildman–Crippen MR) is 75.4 cm³/mol. The molecule has 18 heavy (non-hydrogen) atoms. The molecule has 0 heterocycles. The molecule has 0 radical (unpaired) electrons. The number of hydrogen-bond donors (Lipinski definition) is 1. The van der Waals surface area contributed by atoms with Crippen molar-refractivity contribution in [3.8, 4) is 12.3 Å². The summed E-state index contributed by atoms with van der Waals surface area (Å²) in [4.78, 5) is 10.3. The highest BCUT2D eigenvalue weighted by molar-refractivity contribution is 9.10. The average molecular weight is 333 g/mol. The Balaban J connectivity index is 2.72. The Bertz CT molecular complexity index is 491. The van der Waals surface area contributed by atoms with Crippen LogP contribution in [0.1, 0.15) is 0 Å². The van der Waals surface area contributed by atoms with Crippen LogP contribution in [-0.4, -0.2) is 23.0 Å². The van der Waals surface area contributed by atoms with Gasteiger partial charge >= 0.3 is 0 Å². The van der Waals surface area contributed by atoms with E-state index in [1.54, 1.807) is 0 Å². The van der Waals surface area contributed by atoms with E-state index in [4.69, 9.17) is 6.42 Å². The number of nitro groups is 1. The van der Waals surface area contributed by atoms with Crippen molar-refractivity contribution in [2.24, 2.45) is 0 Å². The predicted octanol–water partition coefficient (Wildman–Crippen LogP) is 3.27. The molecule has 96 valence electrons. The van der Waals surface area contributed by atoms with E-state index in [0.717, 1.165) is 12.1 Å². The second-order valence-corrected chi connectivity index (χ2v) is 5.18. The van der Waals surface area contributed by atoms with Gasteiger partial charge in [-0.2, -0.15) is 0 Å². The Kier molecular flexibility index (Phi) is 5.95. The smallest absolute Gasteiger partial charge is 0.293 e. The molecule has 0 spiro atoms. The van der Waals surface area contributed by atoms with Gasteiger partial charge in [-0.05, 0) is 15.9 Å². The summed E-state index contributed by atoms with van der Waals surface area (Å²) < 4.78 is 13.4. The fourth-order valence-corrected chi connectivity index (χ4v) is 2.06. The Labute approximate surface area is 117 Å². The molecule has 0 saturated carbocycles. The normalized spacial score (nSPS) is 9.83. The zero-order valence-corrected chi connectivity index (χ0v) is 11.7. The van der Waals surface area contributed by atoms with Gasteiger partial charge in [-0.3, -0.25) is 10.1 Å². The summed E-state index contributed by atoms with van der Waals surface area (Å²) in [6.07, 6.45) is 5.09. The zero-order chi connectivity index (χ0) is 13.5. The number of terminal acetylenes is 1. The Morgan fingerprint density at radius 3 is 2.94 bits per heavy atom. The third-order valence-electron chi connectivity index (χ3n) is 1.98. The van der Waals surface area contributed by atoms with Crippen molar-refractivity contribution in [2.45, 2.75) is 0 Å². The molecule has 0 aromatic heterocycles.